The van der Waals surface area contributed by atoms with Gasteiger partial charge < -0.3 is 4.57 Å². The van der Waals surface area contributed by atoms with Crippen molar-refractivity contribution in [1.82, 2.24) is 9.55 Å². The highest BCUT2D eigenvalue weighted by atomic mass is 19.3. The predicted molar refractivity (Wildman–Crippen MR) is 56.9 cm³/mol. The number of ketones is 1. The minimum Gasteiger partial charge on any atom is -0.334 e. The molecule has 1 aromatic rings. The van der Waals surface area contributed by atoms with Crippen LogP contribution in [-0.4, -0.2) is 21.3 Å². The second kappa shape index (κ2) is 3.37. The van der Waals surface area contributed by atoms with Gasteiger partial charge in [0.15, 0.2) is 0 Å². The molecular weight excluding hydrogens is 226 g/mol. The van der Waals surface area contributed by atoms with Gasteiger partial charge in [-0.3, -0.25) is 4.79 Å². The van der Waals surface area contributed by atoms with Gasteiger partial charge in [0.05, 0.1) is 12.3 Å². The summed E-state index contributed by atoms with van der Waals surface area (Å²) in [5.74, 6) is -3.05. The van der Waals surface area contributed by atoms with Crippen LogP contribution < -0.4 is 0 Å². The molecule has 3 nitrogen and oxygen atoms in total. The molecule has 2 aliphatic rings. The SMILES string of the molecule is Cn1c(C2CC2)cnc1CC(=O)C1CC1(F)F. The van der Waals surface area contributed by atoms with E-state index >= 15 is 0 Å². The number of carbonyl (C=O) groups excluding carboxylic acids is 1. The molecule has 92 valence electrons. The quantitative estimate of drug-likeness (QED) is 0.807. The minimum atomic E-state index is -2.76. The summed E-state index contributed by atoms with van der Waals surface area (Å²) in [7, 11) is 1.86. The molecule has 0 bridgehead atoms. The van der Waals surface area contributed by atoms with Crippen molar-refractivity contribution in [3.63, 3.8) is 0 Å². The highest BCUT2D eigenvalue weighted by molar-refractivity contribution is 5.86. The number of rotatable bonds is 4. The average molecular weight is 240 g/mol. The van der Waals surface area contributed by atoms with Crippen molar-refractivity contribution in [3.05, 3.63) is 17.7 Å². The molecular formula is C12H14F2N2O. The zero-order valence-corrected chi connectivity index (χ0v) is 9.62. The first-order valence-electron chi connectivity index (χ1n) is 5.90. The molecule has 2 aliphatic carbocycles. The van der Waals surface area contributed by atoms with Crippen LogP contribution in [0.5, 0.6) is 0 Å². The third-order valence-corrected chi connectivity index (χ3v) is 3.66. The molecule has 0 spiro atoms. The fourth-order valence-corrected chi connectivity index (χ4v) is 2.23. The van der Waals surface area contributed by atoms with Gasteiger partial charge in [0.25, 0.3) is 5.92 Å². The van der Waals surface area contributed by atoms with Crippen LogP contribution in [0.25, 0.3) is 0 Å². The lowest BCUT2D eigenvalue weighted by atomic mass is 10.2. The second-order valence-corrected chi connectivity index (χ2v) is 5.09. The number of Topliss-reactive ketones (excluding diaryl/α,β-unsaturated/α-hetero) is 1. The average Bonchev–Trinajstić information content (AvgIpc) is 3.14. The van der Waals surface area contributed by atoms with Gasteiger partial charge in [-0.05, 0) is 12.8 Å². The lowest BCUT2D eigenvalue weighted by Gasteiger charge is -2.04. The Balaban J connectivity index is 1.71. The third-order valence-electron chi connectivity index (χ3n) is 3.66. The van der Waals surface area contributed by atoms with Crippen LogP contribution in [0.15, 0.2) is 6.20 Å². The highest BCUT2D eigenvalue weighted by Gasteiger charge is 2.60. The van der Waals surface area contributed by atoms with E-state index in [2.05, 4.69) is 4.98 Å². The Morgan fingerprint density at radius 2 is 2.24 bits per heavy atom. The van der Waals surface area contributed by atoms with E-state index in [-0.39, 0.29) is 18.6 Å². The predicted octanol–water partition coefficient (Wildman–Crippen LogP) is 2.06. The van der Waals surface area contributed by atoms with E-state index in [1.165, 1.54) is 0 Å². The van der Waals surface area contributed by atoms with Crippen molar-refractivity contribution in [2.75, 3.05) is 0 Å². The summed E-state index contributed by atoms with van der Waals surface area (Å²) in [4.78, 5) is 15.8. The molecule has 1 heterocycles. The molecule has 2 saturated carbocycles. The number of aromatic nitrogens is 2. The number of hydrogen-bond acceptors (Lipinski definition) is 2. The molecule has 1 unspecified atom stereocenters. The van der Waals surface area contributed by atoms with Crippen molar-refractivity contribution in [2.45, 2.75) is 37.5 Å². The van der Waals surface area contributed by atoms with Gasteiger partial charge in [-0.25, -0.2) is 13.8 Å². The van der Waals surface area contributed by atoms with Gasteiger partial charge in [0, 0.05) is 31.3 Å². The maximum Gasteiger partial charge on any atom is 0.258 e. The maximum atomic E-state index is 12.7. The molecule has 17 heavy (non-hydrogen) atoms. The topological polar surface area (TPSA) is 34.9 Å². The van der Waals surface area contributed by atoms with Crippen molar-refractivity contribution in [3.8, 4) is 0 Å². The van der Waals surface area contributed by atoms with Crippen molar-refractivity contribution in [1.29, 1.82) is 0 Å². The Bertz CT molecular complexity index is 477. The fraction of sp³-hybridized carbons (Fsp3) is 0.667. The lowest BCUT2D eigenvalue weighted by molar-refractivity contribution is -0.121. The Morgan fingerprint density at radius 1 is 1.59 bits per heavy atom. The van der Waals surface area contributed by atoms with E-state index in [0.717, 1.165) is 18.5 Å². The third kappa shape index (κ3) is 1.87. The summed E-state index contributed by atoms with van der Waals surface area (Å²) in [6.07, 6.45) is 3.84. The molecule has 0 radical (unpaired) electrons. The first-order valence-corrected chi connectivity index (χ1v) is 5.90. The zero-order valence-electron chi connectivity index (χ0n) is 9.62. The van der Waals surface area contributed by atoms with Gasteiger partial charge in [-0.1, -0.05) is 0 Å². The van der Waals surface area contributed by atoms with Crippen LogP contribution in [0.3, 0.4) is 0 Å². The van der Waals surface area contributed by atoms with Gasteiger partial charge in [-0.2, -0.15) is 0 Å². The number of hydrogen-bond donors (Lipinski definition) is 0. The Labute approximate surface area is 97.8 Å². The highest BCUT2D eigenvalue weighted by Crippen LogP contribution is 2.49. The molecule has 1 atom stereocenters. The number of alkyl halides is 2. The van der Waals surface area contributed by atoms with Gasteiger partial charge in [-0.15, -0.1) is 0 Å². The fourth-order valence-electron chi connectivity index (χ4n) is 2.23. The molecule has 0 aromatic carbocycles. The van der Waals surface area contributed by atoms with E-state index in [9.17, 15) is 13.6 Å². The molecule has 0 amide bonds. The summed E-state index contributed by atoms with van der Waals surface area (Å²) in [6.45, 7) is 0. The minimum absolute atomic E-state index is 0.0312. The van der Waals surface area contributed by atoms with E-state index < -0.39 is 11.8 Å². The van der Waals surface area contributed by atoms with E-state index in [1.807, 2.05) is 11.6 Å². The van der Waals surface area contributed by atoms with Crippen molar-refractivity contribution in [2.24, 2.45) is 13.0 Å². The van der Waals surface area contributed by atoms with Gasteiger partial charge in [0.1, 0.15) is 11.6 Å². The zero-order chi connectivity index (χ0) is 12.2. The van der Waals surface area contributed by atoms with Crippen LogP contribution in [0.2, 0.25) is 0 Å². The molecule has 2 fully saturated rings. The lowest BCUT2D eigenvalue weighted by Crippen LogP contribution is -2.14. The van der Waals surface area contributed by atoms with Crippen molar-refractivity contribution < 1.29 is 13.6 Å². The summed E-state index contributed by atoms with van der Waals surface area (Å²) in [6, 6.07) is 0. The summed E-state index contributed by atoms with van der Waals surface area (Å²) >= 11 is 0. The first kappa shape index (κ1) is 10.9. The largest absolute Gasteiger partial charge is 0.334 e. The Kier molecular flexibility index (Phi) is 2.15. The number of imidazole rings is 1. The second-order valence-electron chi connectivity index (χ2n) is 5.09. The summed E-state index contributed by atoms with van der Waals surface area (Å²) in [5, 5.41) is 0. The Morgan fingerprint density at radius 3 is 2.76 bits per heavy atom. The monoisotopic (exact) mass is 240 g/mol. The van der Waals surface area contributed by atoms with E-state index in [0.29, 0.717) is 11.7 Å². The van der Waals surface area contributed by atoms with Crippen LogP contribution in [-0.2, 0) is 18.3 Å². The molecule has 3 rings (SSSR count). The molecule has 0 N–H and O–H groups in total. The normalized spacial score (nSPS) is 25.9. The first-order chi connectivity index (χ1) is 7.99. The molecule has 1 aromatic heterocycles. The van der Waals surface area contributed by atoms with Gasteiger partial charge in [0.2, 0.25) is 0 Å². The van der Waals surface area contributed by atoms with Crippen molar-refractivity contribution >= 4 is 5.78 Å². The van der Waals surface area contributed by atoms with E-state index in [4.69, 9.17) is 0 Å². The van der Waals surface area contributed by atoms with Gasteiger partial charge >= 0.3 is 0 Å². The smallest absolute Gasteiger partial charge is 0.258 e. The van der Waals surface area contributed by atoms with Crippen LogP contribution in [0.1, 0.15) is 36.7 Å². The molecule has 0 saturated heterocycles. The molecule has 0 aliphatic heterocycles. The summed E-state index contributed by atoms with van der Waals surface area (Å²) < 4.78 is 27.4. The van der Waals surface area contributed by atoms with E-state index in [1.54, 1.807) is 6.20 Å². The Hall–Kier alpha value is -1.26. The van der Waals surface area contributed by atoms with Crippen LogP contribution in [0.4, 0.5) is 8.78 Å². The molecule has 5 heteroatoms. The maximum absolute atomic E-state index is 12.7. The van der Waals surface area contributed by atoms with Crippen LogP contribution >= 0.6 is 0 Å². The van der Waals surface area contributed by atoms with Crippen LogP contribution in [0, 0.1) is 5.92 Å². The summed E-state index contributed by atoms with van der Waals surface area (Å²) in [5.41, 5.74) is 1.12. The number of carbonyl (C=O) groups is 1. The standard InChI is InChI=1S/C12H14F2N2O/c1-16-9(7-2-3-7)6-15-11(16)4-10(17)8-5-12(8,13)14/h6-8H,2-5H2,1H3. The number of halogens is 2. The number of nitrogens with zero attached hydrogens (tertiary/aromatic N) is 2.